The van der Waals surface area contributed by atoms with Crippen LogP contribution in [0.25, 0.3) is 0 Å². The summed E-state index contributed by atoms with van der Waals surface area (Å²) < 4.78 is 4.97. The molecule has 1 N–H and O–H groups in total. The Morgan fingerprint density at radius 2 is 2.24 bits per heavy atom. The summed E-state index contributed by atoms with van der Waals surface area (Å²) >= 11 is 0. The molecule has 0 aliphatic rings. The molecule has 1 aromatic carbocycles. The van der Waals surface area contributed by atoms with E-state index < -0.39 is 0 Å². The van der Waals surface area contributed by atoms with E-state index in [4.69, 9.17) is 9.84 Å². The minimum Gasteiger partial charge on any atom is -0.392 e. The van der Waals surface area contributed by atoms with E-state index in [9.17, 15) is 4.79 Å². The number of aliphatic hydroxyl groups excluding tert-OH is 1. The SMILES string of the molecule is COCCCN(C(C)=O)c1cccc(CO)c1. The van der Waals surface area contributed by atoms with Crippen LogP contribution in [0.5, 0.6) is 0 Å². The summed E-state index contributed by atoms with van der Waals surface area (Å²) in [5.41, 5.74) is 1.63. The number of nitrogens with zero attached hydrogens (tertiary/aromatic N) is 1. The fourth-order valence-corrected chi connectivity index (χ4v) is 1.66. The molecule has 0 atom stereocenters. The highest BCUT2D eigenvalue weighted by Gasteiger charge is 2.11. The normalized spacial score (nSPS) is 10.3. The van der Waals surface area contributed by atoms with E-state index in [-0.39, 0.29) is 12.5 Å². The second kappa shape index (κ2) is 7.04. The molecule has 0 saturated heterocycles. The van der Waals surface area contributed by atoms with Crippen LogP contribution < -0.4 is 4.90 Å². The molecule has 1 amide bonds. The van der Waals surface area contributed by atoms with Gasteiger partial charge in [-0.25, -0.2) is 0 Å². The zero-order valence-corrected chi connectivity index (χ0v) is 10.3. The Morgan fingerprint density at radius 3 is 2.82 bits per heavy atom. The first kappa shape index (κ1) is 13.7. The van der Waals surface area contributed by atoms with Crippen molar-refractivity contribution in [3.8, 4) is 0 Å². The third-order valence-corrected chi connectivity index (χ3v) is 2.52. The van der Waals surface area contributed by atoms with Crippen LogP contribution in [0, 0.1) is 0 Å². The van der Waals surface area contributed by atoms with Crippen molar-refractivity contribution in [3.63, 3.8) is 0 Å². The van der Waals surface area contributed by atoms with Gasteiger partial charge in [0.2, 0.25) is 5.91 Å². The molecule has 0 fully saturated rings. The number of hydrogen-bond donors (Lipinski definition) is 1. The fourth-order valence-electron chi connectivity index (χ4n) is 1.66. The summed E-state index contributed by atoms with van der Waals surface area (Å²) in [4.78, 5) is 13.3. The summed E-state index contributed by atoms with van der Waals surface area (Å²) in [6.07, 6.45) is 0.791. The molecule has 4 heteroatoms. The molecule has 0 aromatic heterocycles. The number of carbonyl (C=O) groups is 1. The third-order valence-electron chi connectivity index (χ3n) is 2.52. The van der Waals surface area contributed by atoms with Crippen molar-refractivity contribution in [2.75, 3.05) is 25.2 Å². The molecule has 0 saturated carbocycles. The maximum absolute atomic E-state index is 11.6. The predicted molar refractivity (Wildman–Crippen MR) is 66.9 cm³/mol. The van der Waals surface area contributed by atoms with Crippen molar-refractivity contribution in [2.24, 2.45) is 0 Å². The van der Waals surface area contributed by atoms with E-state index in [1.165, 1.54) is 0 Å². The van der Waals surface area contributed by atoms with Gasteiger partial charge in [-0.3, -0.25) is 4.79 Å². The zero-order chi connectivity index (χ0) is 12.7. The number of aliphatic hydroxyl groups is 1. The summed E-state index contributed by atoms with van der Waals surface area (Å²) in [6.45, 7) is 2.78. The number of ether oxygens (including phenoxy) is 1. The van der Waals surface area contributed by atoms with Crippen molar-refractivity contribution < 1.29 is 14.6 Å². The fraction of sp³-hybridized carbons (Fsp3) is 0.462. The average molecular weight is 237 g/mol. The van der Waals surface area contributed by atoms with E-state index in [1.807, 2.05) is 24.3 Å². The number of rotatable bonds is 6. The van der Waals surface area contributed by atoms with Crippen molar-refractivity contribution in [2.45, 2.75) is 20.0 Å². The van der Waals surface area contributed by atoms with Gasteiger partial charge in [-0.15, -0.1) is 0 Å². The van der Waals surface area contributed by atoms with Crippen LogP contribution in [0.3, 0.4) is 0 Å². The van der Waals surface area contributed by atoms with E-state index >= 15 is 0 Å². The molecule has 94 valence electrons. The Labute approximate surface area is 102 Å². The second-order valence-electron chi connectivity index (χ2n) is 3.85. The molecule has 4 nitrogen and oxygen atoms in total. The first-order chi connectivity index (χ1) is 8.19. The highest BCUT2D eigenvalue weighted by molar-refractivity contribution is 5.91. The van der Waals surface area contributed by atoms with Crippen molar-refractivity contribution >= 4 is 11.6 Å². The molecule has 17 heavy (non-hydrogen) atoms. The van der Waals surface area contributed by atoms with Crippen LogP contribution >= 0.6 is 0 Å². The first-order valence-corrected chi connectivity index (χ1v) is 5.66. The summed E-state index contributed by atoms with van der Waals surface area (Å²) in [5, 5.41) is 9.07. The summed E-state index contributed by atoms with van der Waals surface area (Å²) in [5.74, 6) is -0.00353. The van der Waals surface area contributed by atoms with Gasteiger partial charge in [0.15, 0.2) is 0 Å². The van der Waals surface area contributed by atoms with E-state index in [1.54, 1.807) is 18.9 Å². The van der Waals surface area contributed by atoms with Gasteiger partial charge in [-0.2, -0.15) is 0 Å². The lowest BCUT2D eigenvalue weighted by atomic mass is 10.2. The van der Waals surface area contributed by atoms with Crippen LogP contribution in [-0.4, -0.2) is 31.3 Å². The lowest BCUT2D eigenvalue weighted by Crippen LogP contribution is -2.30. The number of anilines is 1. The van der Waals surface area contributed by atoms with Crippen LogP contribution in [-0.2, 0) is 16.1 Å². The Bertz CT molecular complexity index is 365. The number of hydrogen-bond acceptors (Lipinski definition) is 3. The number of methoxy groups -OCH3 is 1. The Balaban J connectivity index is 2.78. The standard InChI is InChI=1S/C13H19NO3/c1-11(16)14(7-4-8-17-2)13-6-3-5-12(9-13)10-15/h3,5-6,9,15H,4,7-8,10H2,1-2H3. The summed E-state index contributed by atoms with van der Waals surface area (Å²) in [6, 6.07) is 7.37. The van der Waals surface area contributed by atoms with Gasteiger partial charge >= 0.3 is 0 Å². The lowest BCUT2D eigenvalue weighted by Gasteiger charge is -2.21. The highest BCUT2D eigenvalue weighted by atomic mass is 16.5. The lowest BCUT2D eigenvalue weighted by molar-refractivity contribution is -0.116. The molecule has 0 unspecified atom stereocenters. The Morgan fingerprint density at radius 1 is 1.47 bits per heavy atom. The second-order valence-corrected chi connectivity index (χ2v) is 3.85. The van der Waals surface area contributed by atoms with E-state index in [2.05, 4.69) is 0 Å². The number of amides is 1. The van der Waals surface area contributed by atoms with Gasteiger partial charge in [0.25, 0.3) is 0 Å². The molecule has 0 radical (unpaired) electrons. The van der Waals surface area contributed by atoms with Gasteiger partial charge in [-0.05, 0) is 24.1 Å². The first-order valence-electron chi connectivity index (χ1n) is 5.66. The van der Waals surface area contributed by atoms with Crippen LogP contribution in [0.2, 0.25) is 0 Å². The molecule has 1 aromatic rings. The molecule has 0 spiro atoms. The molecular weight excluding hydrogens is 218 g/mol. The molecule has 0 heterocycles. The van der Waals surface area contributed by atoms with Gasteiger partial charge in [0, 0.05) is 32.9 Å². The molecule has 0 aliphatic heterocycles. The minimum atomic E-state index is -0.0162. The van der Waals surface area contributed by atoms with Crippen LogP contribution in [0.15, 0.2) is 24.3 Å². The molecule has 0 aliphatic carbocycles. The van der Waals surface area contributed by atoms with E-state index in [0.717, 1.165) is 17.7 Å². The average Bonchev–Trinajstić information content (AvgIpc) is 2.34. The molecule has 0 bridgehead atoms. The van der Waals surface area contributed by atoms with Crippen molar-refractivity contribution in [3.05, 3.63) is 29.8 Å². The topological polar surface area (TPSA) is 49.8 Å². The highest BCUT2D eigenvalue weighted by Crippen LogP contribution is 2.17. The van der Waals surface area contributed by atoms with E-state index in [0.29, 0.717) is 13.2 Å². The van der Waals surface area contributed by atoms with Gasteiger partial charge in [0.05, 0.1) is 6.61 Å². The largest absolute Gasteiger partial charge is 0.392 e. The molecule has 1 rings (SSSR count). The number of benzene rings is 1. The smallest absolute Gasteiger partial charge is 0.223 e. The molecular formula is C13H19NO3. The Kier molecular flexibility index (Phi) is 5.66. The van der Waals surface area contributed by atoms with Crippen molar-refractivity contribution in [1.82, 2.24) is 0 Å². The van der Waals surface area contributed by atoms with Crippen LogP contribution in [0.1, 0.15) is 18.9 Å². The summed E-state index contributed by atoms with van der Waals surface area (Å²) in [7, 11) is 1.64. The minimum absolute atomic E-state index is 0.00353. The monoisotopic (exact) mass is 237 g/mol. The van der Waals surface area contributed by atoms with Crippen molar-refractivity contribution in [1.29, 1.82) is 0 Å². The maximum Gasteiger partial charge on any atom is 0.223 e. The quantitative estimate of drug-likeness (QED) is 0.764. The van der Waals surface area contributed by atoms with Crippen LogP contribution in [0.4, 0.5) is 5.69 Å². The maximum atomic E-state index is 11.6. The van der Waals surface area contributed by atoms with Gasteiger partial charge < -0.3 is 14.7 Å². The van der Waals surface area contributed by atoms with Gasteiger partial charge in [-0.1, -0.05) is 12.1 Å². The zero-order valence-electron chi connectivity index (χ0n) is 10.3. The Hall–Kier alpha value is -1.39. The third kappa shape index (κ3) is 4.17. The predicted octanol–water partition coefficient (Wildman–Crippen LogP) is 1.57. The number of carbonyl (C=O) groups excluding carboxylic acids is 1. The van der Waals surface area contributed by atoms with Gasteiger partial charge in [0.1, 0.15) is 0 Å².